The van der Waals surface area contributed by atoms with Crippen molar-refractivity contribution in [1.29, 1.82) is 0 Å². The number of rotatable bonds is 7. The van der Waals surface area contributed by atoms with Crippen LogP contribution in [0.4, 0.5) is 13.2 Å². The molecule has 0 aliphatic carbocycles. The first-order chi connectivity index (χ1) is 9.67. The Hall–Kier alpha value is -1.27. The number of alkyl halides is 3. The molecule has 0 amide bonds. The van der Waals surface area contributed by atoms with Crippen LogP contribution in [-0.4, -0.2) is 36.6 Å². The summed E-state index contributed by atoms with van der Waals surface area (Å²) in [7, 11) is 0. The number of benzene rings is 1. The molecule has 0 bridgehead atoms. The van der Waals surface area contributed by atoms with Gasteiger partial charge >= 0.3 is 6.18 Å². The zero-order valence-corrected chi connectivity index (χ0v) is 12.5. The fraction of sp³-hybridized carbons (Fsp3) is 0.600. The van der Waals surface area contributed by atoms with Crippen LogP contribution in [0.25, 0.3) is 0 Å². The van der Waals surface area contributed by atoms with Crippen LogP contribution in [0.15, 0.2) is 18.2 Å². The van der Waals surface area contributed by atoms with E-state index in [1.165, 1.54) is 6.92 Å². The second-order valence-electron chi connectivity index (χ2n) is 5.36. The predicted octanol–water partition coefficient (Wildman–Crippen LogP) is 2.97. The summed E-state index contributed by atoms with van der Waals surface area (Å²) < 4.78 is 41.9. The molecule has 0 radical (unpaired) electrons. The van der Waals surface area contributed by atoms with E-state index in [4.69, 9.17) is 4.74 Å². The summed E-state index contributed by atoms with van der Waals surface area (Å²) in [5.74, 6) is 0.669. The largest absolute Gasteiger partial charge is 0.491 e. The highest BCUT2D eigenvalue weighted by atomic mass is 19.4. The third-order valence-electron chi connectivity index (χ3n) is 3.00. The molecule has 0 heterocycles. The molecule has 2 unspecified atom stereocenters. The van der Waals surface area contributed by atoms with E-state index >= 15 is 0 Å². The molecular weight excluding hydrogens is 283 g/mol. The van der Waals surface area contributed by atoms with Crippen molar-refractivity contribution in [3.63, 3.8) is 0 Å². The lowest BCUT2D eigenvalue weighted by atomic mass is 10.1. The summed E-state index contributed by atoms with van der Waals surface area (Å²) in [6, 6.07) is 4.95. The Kier molecular flexibility index (Phi) is 6.48. The molecule has 1 aromatic carbocycles. The van der Waals surface area contributed by atoms with Gasteiger partial charge in [0, 0.05) is 12.6 Å². The van der Waals surface area contributed by atoms with E-state index in [0.717, 1.165) is 11.1 Å². The van der Waals surface area contributed by atoms with Crippen LogP contribution in [0.5, 0.6) is 5.75 Å². The van der Waals surface area contributed by atoms with Gasteiger partial charge in [0.25, 0.3) is 0 Å². The highest BCUT2D eigenvalue weighted by Gasteiger charge is 2.29. The van der Waals surface area contributed by atoms with Gasteiger partial charge in [0.15, 0.2) is 0 Å². The second kappa shape index (κ2) is 7.66. The lowest BCUT2D eigenvalue weighted by Crippen LogP contribution is -2.38. The van der Waals surface area contributed by atoms with Gasteiger partial charge in [-0.1, -0.05) is 17.7 Å². The van der Waals surface area contributed by atoms with Crippen LogP contribution in [0.1, 0.15) is 24.5 Å². The molecule has 0 spiro atoms. The Labute approximate surface area is 123 Å². The summed E-state index contributed by atoms with van der Waals surface area (Å²) >= 11 is 0. The van der Waals surface area contributed by atoms with E-state index in [1.54, 1.807) is 0 Å². The summed E-state index contributed by atoms with van der Waals surface area (Å²) in [5, 5.41) is 12.4. The summed E-state index contributed by atoms with van der Waals surface area (Å²) in [4.78, 5) is 0. The Bertz CT molecular complexity index is 449. The fourth-order valence-corrected chi connectivity index (χ4v) is 1.96. The molecule has 2 atom stereocenters. The predicted molar refractivity (Wildman–Crippen MR) is 75.6 cm³/mol. The minimum Gasteiger partial charge on any atom is -0.491 e. The SMILES string of the molecule is Cc1ccc(OCC(O)CNC(C)CC(F)(F)F)c(C)c1. The Morgan fingerprint density at radius 3 is 2.52 bits per heavy atom. The van der Waals surface area contributed by atoms with Crippen LogP contribution >= 0.6 is 0 Å². The number of aryl methyl sites for hydroxylation is 2. The summed E-state index contributed by atoms with van der Waals surface area (Å²) in [6.45, 7) is 5.40. The standard InChI is InChI=1S/C15H22F3NO2/c1-10-4-5-14(11(2)6-10)21-9-13(20)8-19-12(3)7-15(16,17)18/h4-6,12-13,19-20H,7-9H2,1-3H3. The number of aliphatic hydroxyl groups is 1. The van der Waals surface area contributed by atoms with Crippen molar-refractivity contribution < 1.29 is 23.0 Å². The van der Waals surface area contributed by atoms with Gasteiger partial charge in [0.1, 0.15) is 18.5 Å². The highest BCUT2D eigenvalue weighted by molar-refractivity contribution is 5.35. The quantitative estimate of drug-likeness (QED) is 0.814. The van der Waals surface area contributed by atoms with Gasteiger partial charge in [-0.15, -0.1) is 0 Å². The molecular formula is C15H22F3NO2. The molecule has 21 heavy (non-hydrogen) atoms. The third-order valence-corrected chi connectivity index (χ3v) is 3.00. The van der Waals surface area contributed by atoms with Crippen molar-refractivity contribution in [1.82, 2.24) is 5.32 Å². The molecule has 0 saturated carbocycles. The van der Waals surface area contributed by atoms with E-state index in [9.17, 15) is 18.3 Å². The van der Waals surface area contributed by atoms with Crippen LogP contribution < -0.4 is 10.1 Å². The van der Waals surface area contributed by atoms with E-state index in [0.29, 0.717) is 5.75 Å². The zero-order valence-electron chi connectivity index (χ0n) is 12.5. The van der Waals surface area contributed by atoms with E-state index in [2.05, 4.69) is 5.32 Å². The van der Waals surface area contributed by atoms with Crippen molar-refractivity contribution >= 4 is 0 Å². The maximum absolute atomic E-state index is 12.1. The number of nitrogens with one attached hydrogen (secondary N) is 1. The van der Waals surface area contributed by atoms with Gasteiger partial charge in [0.2, 0.25) is 0 Å². The van der Waals surface area contributed by atoms with E-state index < -0.39 is 24.7 Å². The van der Waals surface area contributed by atoms with E-state index in [1.807, 2.05) is 32.0 Å². The average molecular weight is 305 g/mol. The van der Waals surface area contributed by atoms with Crippen LogP contribution in [-0.2, 0) is 0 Å². The van der Waals surface area contributed by atoms with Crippen molar-refractivity contribution in [2.75, 3.05) is 13.2 Å². The van der Waals surface area contributed by atoms with Crippen LogP contribution in [0, 0.1) is 13.8 Å². The highest BCUT2D eigenvalue weighted by Crippen LogP contribution is 2.21. The van der Waals surface area contributed by atoms with Gasteiger partial charge < -0.3 is 15.2 Å². The minimum atomic E-state index is -4.20. The van der Waals surface area contributed by atoms with Crippen molar-refractivity contribution in [3.05, 3.63) is 29.3 Å². The molecule has 0 saturated heterocycles. The first-order valence-electron chi connectivity index (χ1n) is 6.85. The molecule has 2 N–H and O–H groups in total. The summed E-state index contributed by atoms with van der Waals surface area (Å²) in [6.07, 6.45) is -5.98. The first kappa shape index (κ1) is 17.8. The number of ether oxygens (including phenoxy) is 1. The topological polar surface area (TPSA) is 41.5 Å². The molecule has 0 aliphatic heterocycles. The number of halogens is 3. The molecule has 0 fully saturated rings. The van der Waals surface area contributed by atoms with Crippen LogP contribution in [0.2, 0.25) is 0 Å². The minimum absolute atomic E-state index is 0.0373. The van der Waals surface area contributed by atoms with Crippen molar-refractivity contribution in [2.45, 2.75) is 45.5 Å². The van der Waals surface area contributed by atoms with Gasteiger partial charge in [0.05, 0.1) is 6.42 Å². The Morgan fingerprint density at radius 2 is 1.95 bits per heavy atom. The molecule has 1 rings (SSSR count). The number of aliphatic hydroxyl groups excluding tert-OH is 1. The maximum atomic E-state index is 12.1. The monoisotopic (exact) mass is 305 g/mol. The third kappa shape index (κ3) is 7.34. The zero-order chi connectivity index (χ0) is 16.0. The lowest BCUT2D eigenvalue weighted by Gasteiger charge is -2.19. The van der Waals surface area contributed by atoms with Gasteiger partial charge in [-0.3, -0.25) is 0 Å². The van der Waals surface area contributed by atoms with Crippen LogP contribution in [0.3, 0.4) is 0 Å². The molecule has 1 aromatic rings. The fourth-order valence-electron chi connectivity index (χ4n) is 1.96. The summed E-state index contributed by atoms with van der Waals surface area (Å²) in [5.41, 5.74) is 2.07. The van der Waals surface area contributed by atoms with Gasteiger partial charge in [-0.25, -0.2) is 0 Å². The number of hydrogen-bond acceptors (Lipinski definition) is 3. The maximum Gasteiger partial charge on any atom is 0.390 e. The Morgan fingerprint density at radius 1 is 1.29 bits per heavy atom. The normalized spacial score (nSPS) is 14.8. The average Bonchev–Trinajstić information content (AvgIpc) is 2.33. The molecule has 6 heteroatoms. The van der Waals surface area contributed by atoms with E-state index in [-0.39, 0.29) is 13.2 Å². The molecule has 3 nitrogen and oxygen atoms in total. The molecule has 0 aromatic heterocycles. The molecule has 0 aliphatic rings. The Balaban J connectivity index is 2.32. The molecule has 120 valence electrons. The number of hydrogen-bond donors (Lipinski definition) is 2. The van der Waals surface area contributed by atoms with Crippen molar-refractivity contribution in [2.24, 2.45) is 0 Å². The lowest BCUT2D eigenvalue weighted by molar-refractivity contribution is -0.139. The smallest absolute Gasteiger partial charge is 0.390 e. The van der Waals surface area contributed by atoms with Gasteiger partial charge in [-0.2, -0.15) is 13.2 Å². The first-order valence-corrected chi connectivity index (χ1v) is 6.85. The second-order valence-corrected chi connectivity index (χ2v) is 5.36. The van der Waals surface area contributed by atoms with Gasteiger partial charge in [-0.05, 0) is 32.4 Å². The van der Waals surface area contributed by atoms with Crippen molar-refractivity contribution in [3.8, 4) is 5.75 Å².